The number of guanidine groups is 1. The van der Waals surface area contributed by atoms with E-state index in [1.807, 2.05) is 11.5 Å². The lowest BCUT2D eigenvalue weighted by Crippen LogP contribution is -2.40. The summed E-state index contributed by atoms with van der Waals surface area (Å²) in [6.45, 7) is 8.93. The first-order valence-corrected chi connectivity index (χ1v) is 10.8. The number of rotatable bonds is 9. The van der Waals surface area contributed by atoms with Crippen LogP contribution in [0.25, 0.3) is 0 Å². The molecular formula is C18H30IN7O2S. The van der Waals surface area contributed by atoms with Gasteiger partial charge in [-0.2, -0.15) is 0 Å². The molecule has 0 saturated carbocycles. The molecule has 4 N–H and O–H groups in total. The number of nitrogens with zero attached hydrogens (tertiary/aromatic N) is 4. The van der Waals surface area contributed by atoms with Crippen molar-refractivity contribution in [1.29, 1.82) is 0 Å². The summed E-state index contributed by atoms with van der Waals surface area (Å²) in [6.07, 6.45) is 2.56. The van der Waals surface area contributed by atoms with Gasteiger partial charge >= 0.3 is 0 Å². The molecule has 0 unspecified atom stereocenters. The van der Waals surface area contributed by atoms with Gasteiger partial charge in [0, 0.05) is 26.1 Å². The topological polar surface area (TPSA) is 127 Å². The van der Waals surface area contributed by atoms with Gasteiger partial charge in [0.2, 0.25) is 10.0 Å². The molecule has 0 aliphatic rings. The second-order valence-electron chi connectivity index (χ2n) is 6.85. The van der Waals surface area contributed by atoms with Crippen LogP contribution in [0.5, 0.6) is 0 Å². The third-order valence-electron chi connectivity index (χ3n) is 4.01. The molecule has 1 aromatic heterocycles. The Morgan fingerprint density at radius 3 is 2.52 bits per heavy atom. The van der Waals surface area contributed by atoms with Gasteiger partial charge in [0.15, 0.2) is 5.96 Å². The summed E-state index contributed by atoms with van der Waals surface area (Å²) >= 11 is 0. The Kier molecular flexibility index (Phi) is 10.5. The van der Waals surface area contributed by atoms with Crippen LogP contribution in [0.3, 0.4) is 0 Å². The molecule has 0 radical (unpaired) electrons. The van der Waals surface area contributed by atoms with E-state index in [9.17, 15) is 8.42 Å². The largest absolute Gasteiger partial charge is 0.356 e. The van der Waals surface area contributed by atoms with Crippen LogP contribution in [0.15, 0.2) is 40.5 Å². The van der Waals surface area contributed by atoms with Crippen molar-refractivity contribution in [2.24, 2.45) is 16.0 Å². The van der Waals surface area contributed by atoms with Crippen molar-refractivity contribution >= 4 is 40.0 Å². The van der Waals surface area contributed by atoms with Crippen molar-refractivity contribution < 1.29 is 8.42 Å². The van der Waals surface area contributed by atoms with Crippen molar-refractivity contribution in [3.63, 3.8) is 0 Å². The van der Waals surface area contributed by atoms with E-state index in [1.165, 1.54) is 12.1 Å². The maximum Gasteiger partial charge on any atom is 0.238 e. The van der Waals surface area contributed by atoms with E-state index in [-0.39, 0.29) is 28.9 Å². The van der Waals surface area contributed by atoms with Gasteiger partial charge < -0.3 is 15.2 Å². The molecule has 1 aromatic carbocycles. The first-order valence-electron chi connectivity index (χ1n) is 9.30. The molecule has 0 atom stereocenters. The second kappa shape index (κ2) is 12.1. The third kappa shape index (κ3) is 8.66. The fraction of sp³-hybridized carbons (Fsp3) is 0.500. The fourth-order valence-corrected chi connectivity index (χ4v) is 2.98. The summed E-state index contributed by atoms with van der Waals surface area (Å²) in [6, 6.07) is 6.42. The minimum absolute atomic E-state index is 0. The summed E-state index contributed by atoms with van der Waals surface area (Å²) in [5.74, 6) is 2.13. The highest BCUT2D eigenvalue weighted by molar-refractivity contribution is 14.0. The molecule has 1 heterocycles. The molecule has 29 heavy (non-hydrogen) atoms. The summed E-state index contributed by atoms with van der Waals surface area (Å²) in [4.78, 5) is 4.69. The number of aromatic nitrogens is 3. The zero-order valence-corrected chi connectivity index (χ0v) is 20.1. The molecular weight excluding hydrogens is 505 g/mol. The highest BCUT2D eigenvalue weighted by Gasteiger charge is 2.07. The lowest BCUT2D eigenvalue weighted by molar-refractivity contribution is 0.597. The van der Waals surface area contributed by atoms with E-state index in [0.29, 0.717) is 25.0 Å². The van der Waals surface area contributed by atoms with Crippen molar-refractivity contribution in [3.8, 4) is 0 Å². The highest BCUT2D eigenvalue weighted by Crippen LogP contribution is 2.09. The molecule has 0 bridgehead atoms. The molecule has 2 rings (SSSR count). The summed E-state index contributed by atoms with van der Waals surface area (Å²) in [5.41, 5.74) is 0.894. The number of aliphatic imine (C=N–C) groups is 1. The molecule has 11 heteroatoms. The van der Waals surface area contributed by atoms with E-state index in [1.54, 1.807) is 18.5 Å². The van der Waals surface area contributed by atoms with Crippen LogP contribution < -0.4 is 15.8 Å². The molecule has 0 aliphatic carbocycles. The van der Waals surface area contributed by atoms with E-state index in [0.717, 1.165) is 30.9 Å². The smallest absolute Gasteiger partial charge is 0.238 e. The molecule has 0 saturated heterocycles. The normalized spacial score (nSPS) is 12.0. The zero-order chi connectivity index (χ0) is 20.6. The predicted molar refractivity (Wildman–Crippen MR) is 125 cm³/mol. The average Bonchev–Trinajstić information content (AvgIpc) is 3.10. The highest BCUT2D eigenvalue weighted by atomic mass is 127. The Hall–Kier alpha value is -1.73. The first kappa shape index (κ1) is 25.3. The summed E-state index contributed by atoms with van der Waals surface area (Å²) in [5, 5.41) is 19.8. The van der Waals surface area contributed by atoms with Crippen molar-refractivity contribution in [1.82, 2.24) is 25.4 Å². The SMILES string of the molecule is CCc1nncn1CCNC(=NCc1ccc(S(N)(=O)=O)cc1)NCC(C)C.I. The molecule has 0 fully saturated rings. The van der Waals surface area contributed by atoms with Gasteiger partial charge in [-0.25, -0.2) is 18.5 Å². The first-order chi connectivity index (χ1) is 13.3. The molecule has 162 valence electrons. The number of benzene rings is 1. The number of hydrogen-bond donors (Lipinski definition) is 3. The van der Waals surface area contributed by atoms with Crippen LogP contribution in [-0.2, 0) is 29.5 Å². The van der Waals surface area contributed by atoms with Gasteiger partial charge in [-0.15, -0.1) is 34.2 Å². The van der Waals surface area contributed by atoms with Gasteiger partial charge in [-0.3, -0.25) is 0 Å². The van der Waals surface area contributed by atoms with Crippen LogP contribution in [0.2, 0.25) is 0 Å². The maximum absolute atomic E-state index is 11.3. The minimum Gasteiger partial charge on any atom is -0.356 e. The Morgan fingerprint density at radius 2 is 1.93 bits per heavy atom. The molecule has 0 amide bonds. The van der Waals surface area contributed by atoms with Crippen LogP contribution in [0.1, 0.15) is 32.2 Å². The third-order valence-corrected chi connectivity index (χ3v) is 4.94. The number of nitrogens with two attached hydrogens (primary N) is 1. The Bertz CT molecular complexity index is 880. The van der Waals surface area contributed by atoms with Crippen LogP contribution in [0, 0.1) is 5.92 Å². The Labute approximate surface area is 189 Å². The van der Waals surface area contributed by atoms with Gasteiger partial charge in [0.25, 0.3) is 0 Å². The number of nitrogens with one attached hydrogen (secondary N) is 2. The van der Waals surface area contributed by atoms with Crippen molar-refractivity contribution in [3.05, 3.63) is 42.0 Å². The second-order valence-corrected chi connectivity index (χ2v) is 8.41. The van der Waals surface area contributed by atoms with E-state index >= 15 is 0 Å². The van der Waals surface area contributed by atoms with Gasteiger partial charge in [-0.05, 0) is 23.6 Å². The summed E-state index contributed by atoms with van der Waals surface area (Å²) in [7, 11) is -3.68. The van der Waals surface area contributed by atoms with Crippen LogP contribution >= 0.6 is 24.0 Å². The predicted octanol–water partition coefficient (Wildman–Crippen LogP) is 1.50. The Morgan fingerprint density at radius 1 is 1.24 bits per heavy atom. The van der Waals surface area contributed by atoms with Crippen molar-refractivity contribution in [2.45, 2.75) is 45.2 Å². The average molecular weight is 535 g/mol. The lowest BCUT2D eigenvalue weighted by atomic mass is 10.2. The van der Waals surface area contributed by atoms with Gasteiger partial charge in [0.1, 0.15) is 12.2 Å². The lowest BCUT2D eigenvalue weighted by Gasteiger charge is -2.15. The zero-order valence-electron chi connectivity index (χ0n) is 17.0. The minimum atomic E-state index is -3.68. The number of aryl methyl sites for hydroxylation is 1. The van der Waals surface area contributed by atoms with E-state index < -0.39 is 10.0 Å². The maximum atomic E-state index is 11.3. The van der Waals surface area contributed by atoms with Crippen LogP contribution in [0.4, 0.5) is 0 Å². The molecule has 0 aliphatic heterocycles. The Balaban J connectivity index is 0.00000420. The number of primary sulfonamides is 1. The molecule has 0 spiro atoms. The van der Waals surface area contributed by atoms with Gasteiger partial charge in [-0.1, -0.05) is 32.9 Å². The van der Waals surface area contributed by atoms with Crippen molar-refractivity contribution in [2.75, 3.05) is 13.1 Å². The van der Waals surface area contributed by atoms with Gasteiger partial charge in [0.05, 0.1) is 11.4 Å². The fourth-order valence-electron chi connectivity index (χ4n) is 2.46. The van der Waals surface area contributed by atoms with E-state index in [4.69, 9.17) is 5.14 Å². The van der Waals surface area contributed by atoms with E-state index in [2.05, 4.69) is 39.7 Å². The monoisotopic (exact) mass is 535 g/mol. The molecule has 9 nitrogen and oxygen atoms in total. The quantitative estimate of drug-likeness (QED) is 0.254. The number of hydrogen-bond acceptors (Lipinski definition) is 5. The number of sulfonamides is 1. The summed E-state index contributed by atoms with van der Waals surface area (Å²) < 4.78 is 24.7. The molecule has 2 aromatic rings. The number of halogens is 1. The van der Waals surface area contributed by atoms with Crippen LogP contribution in [-0.4, -0.2) is 42.2 Å². The standard InChI is InChI=1S/C18H29N7O2S.HI/c1-4-17-24-23-13-25(17)10-9-20-18(21-11-14(2)3)22-12-15-5-7-16(8-6-15)28(19,26)27;/h5-8,13-14H,4,9-12H2,1-3H3,(H2,19,26,27)(H2,20,21,22);1H.